The van der Waals surface area contributed by atoms with Crippen LogP contribution in [0.3, 0.4) is 0 Å². The number of carbonyl (C=O) groups is 1. The summed E-state index contributed by atoms with van der Waals surface area (Å²) in [5, 5.41) is 0. The third-order valence-electron chi connectivity index (χ3n) is 2.55. The summed E-state index contributed by atoms with van der Waals surface area (Å²) in [4.78, 5) is 11.1. The SMILES string of the molecule is COC(=O)C(C)C(C)(C)S(C)(=O)=O. The Labute approximate surface area is 79.2 Å². The van der Waals surface area contributed by atoms with E-state index in [4.69, 9.17) is 0 Å². The number of hydrogen-bond acceptors (Lipinski definition) is 4. The van der Waals surface area contributed by atoms with Gasteiger partial charge in [-0.3, -0.25) is 4.79 Å². The molecule has 0 aliphatic carbocycles. The third kappa shape index (κ3) is 2.43. The first-order valence-electron chi connectivity index (χ1n) is 3.92. The van der Waals surface area contributed by atoms with Crippen LogP contribution in [0.2, 0.25) is 0 Å². The minimum Gasteiger partial charge on any atom is -0.469 e. The van der Waals surface area contributed by atoms with Crippen molar-refractivity contribution in [3.8, 4) is 0 Å². The van der Waals surface area contributed by atoms with Gasteiger partial charge in [0.2, 0.25) is 0 Å². The molecule has 0 spiro atoms. The number of rotatable bonds is 3. The lowest BCUT2D eigenvalue weighted by atomic mass is 9.97. The molecule has 0 aromatic rings. The van der Waals surface area contributed by atoms with Gasteiger partial charge in [-0.05, 0) is 13.8 Å². The molecule has 13 heavy (non-hydrogen) atoms. The lowest BCUT2D eigenvalue weighted by Gasteiger charge is -2.27. The maximum atomic E-state index is 11.3. The molecule has 1 unspecified atom stereocenters. The van der Waals surface area contributed by atoms with Crippen LogP contribution in [0.25, 0.3) is 0 Å². The molecule has 0 radical (unpaired) electrons. The fraction of sp³-hybridized carbons (Fsp3) is 0.875. The first kappa shape index (κ1) is 12.4. The molecule has 4 nitrogen and oxygen atoms in total. The number of methoxy groups -OCH3 is 1. The Bertz CT molecular complexity index is 289. The van der Waals surface area contributed by atoms with Gasteiger partial charge in [0, 0.05) is 6.26 Å². The molecule has 78 valence electrons. The van der Waals surface area contributed by atoms with Crippen LogP contribution in [-0.4, -0.2) is 32.5 Å². The molecule has 0 amide bonds. The van der Waals surface area contributed by atoms with Crippen LogP contribution >= 0.6 is 0 Å². The number of ether oxygens (including phenoxy) is 1. The van der Waals surface area contributed by atoms with Crippen molar-refractivity contribution < 1.29 is 17.9 Å². The lowest BCUT2D eigenvalue weighted by Crippen LogP contribution is -2.42. The minimum absolute atomic E-state index is 0.504. The monoisotopic (exact) mass is 208 g/mol. The summed E-state index contributed by atoms with van der Waals surface area (Å²) >= 11 is 0. The van der Waals surface area contributed by atoms with Gasteiger partial charge in [-0.15, -0.1) is 0 Å². The second-order valence-electron chi connectivity index (χ2n) is 3.62. The van der Waals surface area contributed by atoms with Gasteiger partial charge in [-0.2, -0.15) is 0 Å². The maximum absolute atomic E-state index is 11.3. The van der Waals surface area contributed by atoms with Gasteiger partial charge in [-0.25, -0.2) is 8.42 Å². The molecule has 0 saturated carbocycles. The zero-order valence-electron chi connectivity index (χ0n) is 8.62. The van der Waals surface area contributed by atoms with E-state index >= 15 is 0 Å². The van der Waals surface area contributed by atoms with E-state index in [0.717, 1.165) is 6.26 Å². The highest BCUT2D eigenvalue weighted by atomic mass is 32.2. The number of carbonyl (C=O) groups excluding carboxylic acids is 1. The molecule has 0 fully saturated rings. The smallest absolute Gasteiger partial charge is 0.309 e. The molecule has 1 atom stereocenters. The summed E-state index contributed by atoms with van der Waals surface area (Å²) in [6.07, 6.45) is 1.12. The fourth-order valence-electron chi connectivity index (χ4n) is 0.782. The van der Waals surface area contributed by atoms with Crippen molar-refractivity contribution >= 4 is 15.8 Å². The van der Waals surface area contributed by atoms with E-state index in [1.807, 2.05) is 0 Å². The van der Waals surface area contributed by atoms with Crippen molar-refractivity contribution in [3.05, 3.63) is 0 Å². The van der Waals surface area contributed by atoms with Crippen LogP contribution < -0.4 is 0 Å². The molecular weight excluding hydrogens is 192 g/mol. The molecular formula is C8H16O4S. The van der Waals surface area contributed by atoms with Crippen LogP contribution in [0.1, 0.15) is 20.8 Å². The molecule has 0 aromatic carbocycles. The zero-order valence-corrected chi connectivity index (χ0v) is 9.44. The number of sulfone groups is 1. The van der Waals surface area contributed by atoms with Crippen molar-refractivity contribution in [3.63, 3.8) is 0 Å². The van der Waals surface area contributed by atoms with Crippen LogP contribution in [0.5, 0.6) is 0 Å². The molecule has 0 bridgehead atoms. The van der Waals surface area contributed by atoms with Gasteiger partial charge in [0.1, 0.15) is 0 Å². The second kappa shape index (κ2) is 3.65. The van der Waals surface area contributed by atoms with Crippen LogP contribution in [0.15, 0.2) is 0 Å². The quantitative estimate of drug-likeness (QED) is 0.638. The first-order valence-corrected chi connectivity index (χ1v) is 5.81. The molecule has 0 aliphatic heterocycles. The van der Waals surface area contributed by atoms with Gasteiger partial charge in [0.15, 0.2) is 9.84 Å². The lowest BCUT2D eigenvalue weighted by molar-refractivity contribution is -0.145. The summed E-state index contributed by atoms with van der Waals surface area (Å²) in [7, 11) is -2.01. The maximum Gasteiger partial charge on any atom is 0.309 e. The second-order valence-corrected chi connectivity index (χ2v) is 6.22. The van der Waals surface area contributed by atoms with Crippen LogP contribution in [0.4, 0.5) is 0 Å². The van der Waals surface area contributed by atoms with Crippen molar-refractivity contribution in [2.45, 2.75) is 25.5 Å². The molecule has 0 N–H and O–H groups in total. The molecule has 0 rings (SSSR count). The van der Waals surface area contributed by atoms with Gasteiger partial charge in [0.05, 0.1) is 17.8 Å². The van der Waals surface area contributed by atoms with Gasteiger partial charge in [0.25, 0.3) is 0 Å². The molecule has 0 heterocycles. The number of esters is 1. The first-order chi connectivity index (χ1) is 5.64. The molecule has 5 heteroatoms. The van der Waals surface area contributed by atoms with Crippen molar-refractivity contribution in [1.82, 2.24) is 0 Å². The van der Waals surface area contributed by atoms with E-state index in [0.29, 0.717) is 0 Å². The Kier molecular flexibility index (Phi) is 3.49. The average Bonchev–Trinajstić information content (AvgIpc) is 1.99. The number of hydrogen-bond donors (Lipinski definition) is 0. The highest BCUT2D eigenvalue weighted by Gasteiger charge is 2.40. The summed E-state index contributed by atoms with van der Waals surface area (Å²) in [5.74, 6) is -1.16. The van der Waals surface area contributed by atoms with E-state index in [1.165, 1.54) is 21.0 Å². The Hall–Kier alpha value is -0.580. The van der Waals surface area contributed by atoms with Gasteiger partial charge >= 0.3 is 5.97 Å². The average molecular weight is 208 g/mol. The minimum atomic E-state index is -3.26. The van der Waals surface area contributed by atoms with E-state index in [2.05, 4.69) is 4.74 Å². The molecule has 0 aliphatic rings. The normalized spacial score (nSPS) is 15.2. The highest BCUT2D eigenvalue weighted by molar-refractivity contribution is 7.92. The van der Waals surface area contributed by atoms with Crippen molar-refractivity contribution in [2.75, 3.05) is 13.4 Å². The predicted molar refractivity (Wildman–Crippen MR) is 50.1 cm³/mol. The van der Waals surface area contributed by atoms with E-state index in [1.54, 1.807) is 6.92 Å². The Balaban J connectivity index is 4.96. The van der Waals surface area contributed by atoms with Crippen LogP contribution in [-0.2, 0) is 19.4 Å². The van der Waals surface area contributed by atoms with Gasteiger partial charge < -0.3 is 4.74 Å². The Morgan fingerprint density at radius 3 is 2.00 bits per heavy atom. The summed E-state index contributed by atoms with van der Waals surface area (Å²) in [5.41, 5.74) is 0. The summed E-state index contributed by atoms with van der Waals surface area (Å²) in [6, 6.07) is 0. The topological polar surface area (TPSA) is 60.4 Å². The van der Waals surface area contributed by atoms with Crippen molar-refractivity contribution in [2.24, 2.45) is 5.92 Å². The van der Waals surface area contributed by atoms with E-state index in [-0.39, 0.29) is 0 Å². The largest absolute Gasteiger partial charge is 0.469 e. The van der Waals surface area contributed by atoms with Gasteiger partial charge in [-0.1, -0.05) is 6.92 Å². The molecule has 0 aromatic heterocycles. The van der Waals surface area contributed by atoms with Crippen LogP contribution in [0, 0.1) is 5.92 Å². The van der Waals surface area contributed by atoms with E-state index < -0.39 is 26.5 Å². The fourth-order valence-corrected chi connectivity index (χ4v) is 1.52. The van der Waals surface area contributed by atoms with Crippen molar-refractivity contribution in [1.29, 1.82) is 0 Å². The Morgan fingerprint density at radius 1 is 1.38 bits per heavy atom. The summed E-state index contributed by atoms with van der Waals surface area (Å²) < 4.78 is 26.0. The zero-order chi connectivity index (χ0) is 10.9. The summed E-state index contributed by atoms with van der Waals surface area (Å²) in [6.45, 7) is 4.58. The molecule has 0 saturated heterocycles. The highest BCUT2D eigenvalue weighted by Crippen LogP contribution is 2.26. The van der Waals surface area contributed by atoms with E-state index in [9.17, 15) is 13.2 Å². The Morgan fingerprint density at radius 2 is 1.77 bits per heavy atom. The standard InChI is InChI=1S/C8H16O4S/c1-6(7(9)12-4)8(2,3)13(5,10)11/h6H,1-5H3. The third-order valence-corrected chi connectivity index (χ3v) is 4.82. The predicted octanol–water partition coefficient (Wildman–Crippen LogP) is 0.619.